The number of anilines is 1. The smallest absolute Gasteiger partial charge is 0.296 e. The summed E-state index contributed by atoms with van der Waals surface area (Å²) in [4.78, 5) is 45.8. The lowest BCUT2D eigenvalue weighted by molar-refractivity contribution is 0.102. The monoisotopic (exact) mass is 395 g/mol. The molecular formula is C19H17N5O3S. The molecule has 1 N–H and O–H groups in total. The summed E-state index contributed by atoms with van der Waals surface area (Å²) >= 11 is 1.40. The molecule has 142 valence electrons. The minimum absolute atomic E-state index is 0.100. The van der Waals surface area contributed by atoms with E-state index < -0.39 is 17.2 Å². The van der Waals surface area contributed by atoms with Gasteiger partial charge in [-0.05, 0) is 37.1 Å². The Balaban J connectivity index is 1.76. The van der Waals surface area contributed by atoms with Crippen molar-refractivity contribution in [2.45, 2.75) is 13.8 Å². The molecule has 0 radical (unpaired) electrons. The van der Waals surface area contributed by atoms with Crippen LogP contribution in [0.2, 0.25) is 0 Å². The van der Waals surface area contributed by atoms with Gasteiger partial charge in [-0.3, -0.25) is 24.0 Å². The summed E-state index contributed by atoms with van der Waals surface area (Å²) in [5.41, 5.74) is 2.30. The summed E-state index contributed by atoms with van der Waals surface area (Å²) in [7, 11) is 2.92. The van der Waals surface area contributed by atoms with Crippen molar-refractivity contribution < 1.29 is 4.79 Å². The Labute approximate surface area is 163 Å². The molecule has 3 heterocycles. The van der Waals surface area contributed by atoms with Crippen LogP contribution in [-0.4, -0.2) is 25.0 Å². The van der Waals surface area contributed by atoms with Crippen molar-refractivity contribution >= 4 is 43.6 Å². The molecule has 0 unspecified atom stereocenters. The van der Waals surface area contributed by atoms with Crippen molar-refractivity contribution in [3.05, 3.63) is 61.9 Å². The number of benzene rings is 1. The number of carbonyl (C=O) groups is 1. The van der Waals surface area contributed by atoms with Crippen LogP contribution in [-0.2, 0) is 14.1 Å². The maximum absolute atomic E-state index is 12.7. The number of amides is 1. The van der Waals surface area contributed by atoms with Crippen LogP contribution in [0.5, 0.6) is 0 Å². The number of aromatic nitrogens is 4. The van der Waals surface area contributed by atoms with Gasteiger partial charge in [0.15, 0.2) is 5.13 Å². The Bertz CT molecular complexity index is 1360. The molecule has 0 aliphatic heterocycles. The molecule has 0 atom stereocenters. The Morgan fingerprint density at radius 1 is 1.00 bits per heavy atom. The fraction of sp³-hybridized carbons (Fsp3) is 0.211. The molecule has 0 fully saturated rings. The van der Waals surface area contributed by atoms with Crippen molar-refractivity contribution in [1.29, 1.82) is 0 Å². The Kier molecular flexibility index (Phi) is 4.11. The van der Waals surface area contributed by atoms with Crippen LogP contribution in [0.4, 0.5) is 5.13 Å². The minimum Gasteiger partial charge on any atom is -0.296 e. The van der Waals surface area contributed by atoms with Crippen LogP contribution < -0.4 is 16.6 Å². The summed E-state index contributed by atoms with van der Waals surface area (Å²) in [5, 5.41) is 3.50. The molecule has 0 aliphatic rings. The number of carbonyl (C=O) groups excluding carboxylic acids is 1. The molecule has 0 bridgehead atoms. The lowest BCUT2D eigenvalue weighted by Gasteiger charge is -2.08. The topological polar surface area (TPSA) is 98.9 Å². The van der Waals surface area contributed by atoms with E-state index >= 15 is 0 Å². The van der Waals surface area contributed by atoms with E-state index in [1.165, 1.54) is 42.1 Å². The zero-order valence-corrected chi connectivity index (χ0v) is 16.5. The van der Waals surface area contributed by atoms with E-state index in [9.17, 15) is 14.4 Å². The average Bonchev–Trinajstić information content (AvgIpc) is 3.12. The molecule has 0 saturated carbocycles. The number of hydrogen-bond donors (Lipinski definition) is 1. The van der Waals surface area contributed by atoms with Gasteiger partial charge in [0, 0.05) is 14.1 Å². The molecule has 0 spiro atoms. The van der Waals surface area contributed by atoms with Gasteiger partial charge >= 0.3 is 5.69 Å². The Morgan fingerprint density at radius 2 is 1.71 bits per heavy atom. The fourth-order valence-electron chi connectivity index (χ4n) is 3.05. The first-order valence-electron chi connectivity index (χ1n) is 8.53. The number of nitrogens with one attached hydrogen (secondary N) is 1. The zero-order valence-electron chi connectivity index (χ0n) is 15.7. The second-order valence-corrected chi connectivity index (χ2v) is 7.62. The second kappa shape index (κ2) is 6.38. The van der Waals surface area contributed by atoms with Crippen LogP contribution in [0, 0.1) is 13.8 Å². The number of thiazole rings is 1. The normalized spacial score (nSPS) is 11.3. The van der Waals surface area contributed by atoms with Gasteiger partial charge in [-0.2, -0.15) is 0 Å². The first kappa shape index (κ1) is 18.1. The van der Waals surface area contributed by atoms with Gasteiger partial charge in [0.1, 0.15) is 11.3 Å². The number of fused-ring (bicyclic) bond motifs is 2. The van der Waals surface area contributed by atoms with Crippen molar-refractivity contribution in [2.75, 3.05) is 5.32 Å². The van der Waals surface area contributed by atoms with Gasteiger partial charge in [0.25, 0.3) is 11.5 Å². The van der Waals surface area contributed by atoms with E-state index in [0.29, 0.717) is 5.13 Å². The van der Waals surface area contributed by atoms with Gasteiger partial charge in [0.2, 0.25) is 0 Å². The molecule has 0 saturated heterocycles. The molecule has 3 aromatic heterocycles. The van der Waals surface area contributed by atoms with Gasteiger partial charge in [-0.1, -0.05) is 23.5 Å². The lowest BCUT2D eigenvalue weighted by atomic mass is 10.1. The maximum Gasteiger partial charge on any atom is 0.332 e. The first-order valence-corrected chi connectivity index (χ1v) is 9.34. The third-order valence-electron chi connectivity index (χ3n) is 4.70. The standard InChI is InChI=1S/C19H17N5O3S/c1-9-5-6-10(2)14-13(9)21-18(28-14)22-16(25)12-8-7-11-15(20-12)23(3)19(27)24(4)17(11)26/h5-8H,1-4H3,(H,21,22,25). The van der Waals surface area contributed by atoms with E-state index in [1.807, 2.05) is 26.0 Å². The molecule has 9 heteroatoms. The fourth-order valence-corrected chi connectivity index (χ4v) is 4.06. The Morgan fingerprint density at radius 3 is 2.43 bits per heavy atom. The largest absolute Gasteiger partial charge is 0.332 e. The molecule has 28 heavy (non-hydrogen) atoms. The second-order valence-electron chi connectivity index (χ2n) is 6.62. The summed E-state index contributed by atoms with van der Waals surface area (Å²) in [6, 6.07) is 6.99. The highest BCUT2D eigenvalue weighted by molar-refractivity contribution is 7.22. The van der Waals surface area contributed by atoms with E-state index in [1.54, 1.807) is 0 Å². The summed E-state index contributed by atoms with van der Waals surface area (Å²) in [6.45, 7) is 3.97. The van der Waals surface area contributed by atoms with E-state index in [4.69, 9.17) is 0 Å². The van der Waals surface area contributed by atoms with Crippen LogP contribution in [0.25, 0.3) is 21.3 Å². The van der Waals surface area contributed by atoms with Crippen LogP contribution in [0.3, 0.4) is 0 Å². The quantitative estimate of drug-likeness (QED) is 0.560. The summed E-state index contributed by atoms with van der Waals surface area (Å²) in [6.07, 6.45) is 0. The van der Waals surface area contributed by atoms with Crippen LogP contribution >= 0.6 is 11.3 Å². The third-order valence-corrected chi connectivity index (χ3v) is 5.80. The molecule has 0 aliphatic carbocycles. The van der Waals surface area contributed by atoms with E-state index in [0.717, 1.165) is 25.9 Å². The highest BCUT2D eigenvalue weighted by Crippen LogP contribution is 2.31. The predicted octanol–water partition coefficient (Wildman–Crippen LogP) is 2.11. The third kappa shape index (κ3) is 2.71. The molecule has 8 nitrogen and oxygen atoms in total. The molecule has 1 aromatic carbocycles. The van der Waals surface area contributed by atoms with Gasteiger partial charge in [0.05, 0.1) is 15.6 Å². The van der Waals surface area contributed by atoms with Crippen molar-refractivity contribution in [3.8, 4) is 0 Å². The molecule has 4 rings (SSSR count). The van der Waals surface area contributed by atoms with Gasteiger partial charge < -0.3 is 0 Å². The average molecular weight is 395 g/mol. The number of hydrogen-bond acceptors (Lipinski definition) is 6. The van der Waals surface area contributed by atoms with E-state index in [2.05, 4.69) is 15.3 Å². The molecular weight excluding hydrogens is 378 g/mol. The van der Waals surface area contributed by atoms with Crippen molar-refractivity contribution in [3.63, 3.8) is 0 Å². The molecule has 1 amide bonds. The number of rotatable bonds is 2. The summed E-state index contributed by atoms with van der Waals surface area (Å²) < 4.78 is 3.28. The minimum atomic E-state index is -0.500. The highest BCUT2D eigenvalue weighted by atomic mass is 32.1. The number of aryl methyl sites for hydroxylation is 3. The number of pyridine rings is 1. The van der Waals surface area contributed by atoms with Crippen molar-refractivity contribution in [1.82, 2.24) is 19.1 Å². The maximum atomic E-state index is 12.7. The highest BCUT2D eigenvalue weighted by Gasteiger charge is 2.16. The van der Waals surface area contributed by atoms with Crippen LogP contribution in [0.1, 0.15) is 21.6 Å². The SMILES string of the molecule is Cc1ccc(C)c2sc(NC(=O)c3ccc4c(=O)n(C)c(=O)n(C)c4n3)nc12. The van der Waals surface area contributed by atoms with Crippen LogP contribution in [0.15, 0.2) is 33.9 Å². The lowest BCUT2D eigenvalue weighted by Crippen LogP contribution is -2.37. The van der Waals surface area contributed by atoms with Gasteiger partial charge in [-0.15, -0.1) is 0 Å². The van der Waals surface area contributed by atoms with Gasteiger partial charge in [-0.25, -0.2) is 14.8 Å². The number of nitrogens with zero attached hydrogens (tertiary/aromatic N) is 4. The first-order chi connectivity index (χ1) is 13.3. The Hall–Kier alpha value is -3.33. The summed E-state index contributed by atoms with van der Waals surface area (Å²) in [5.74, 6) is -0.454. The predicted molar refractivity (Wildman–Crippen MR) is 109 cm³/mol. The van der Waals surface area contributed by atoms with Crippen molar-refractivity contribution in [2.24, 2.45) is 14.1 Å². The van der Waals surface area contributed by atoms with E-state index in [-0.39, 0.29) is 16.7 Å². The molecule has 4 aromatic rings. The zero-order chi connectivity index (χ0) is 20.2.